The fourth-order valence-electron chi connectivity index (χ4n) is 1.57. The summed E-state index contributed by atoms with van der Waals surface area (Å²) in [6.45, 7) is 0. The normalized spacial score (nSPS) is 16.9. The molecule has 4 nitrogen and oxygen atoms in total. The fourth-order valence-corrected chi connectivity index (χ4v) is 1.57. The summed E-state index contributed by atoms with van der Waals surface area (Å²) in [5.74, 6) is -0.861. The van der Waals surface area contributed by atoms with Gasteiger partial charge < -0.3 is 10.4 Å². The molecule has 0 radical (unpaired) electrons. The van der Waals surface area contributed by atoms with Gasteiger partial charge in [0.25, 0.3) is 0 Å². The van der Waals surface area contributed by atoms with Crippen LogP contribution >= 0.6 is 12.4 Å². The van der Waals surface area contributed by atoms with Gasteiger partial charge in [0, 0.05) is 12.1 Å². The van der Waals surface area contributed by atoms with Crippen LogP contribution < -0.4 is 5.32 Å². The van der Waals surface area contributed by atoms with Crippen LogP contribution in [0.1, 0.15) is 11.1 Å². The molecule has 0 saturated carbocycles. The summed E-state index contributed by atoms with van der Waals surface area (Å²) < 4.78 is 0. The number of hydrogen-bond donors (Lipinski definition) is 2. The molecule has 1 atom stereocenters. The summed E-state index contributed by atoms with van der Waals surface area (Å²) in [6.07, 6.45) is 0.483. The number of anilines is 1. The van der Waals surface area contributed by atoms with Crippen LogP contribution in [0.4, 0.5) is 5.69 Å². The van der Waals surface area contributed by atoms with Gasteiger partial charge >= 0.3 is 5.97 Å². The molecule has 1 unspecified atom stereocenters. The number of nitrogens with one attached hydrogen (secondary N) is 1. The second-order valence-electron chi connectivity index (χ2n) is 3.22. The third kappa shape index (κ3) is 2.03. The van der Waals surface area contributed by atoms with E-state index < -0.39 is 12.0 Å². The summed E-state index contributed by atoms with van der Waals surface area (Å²) in [5.41, 5.74) is 2.26. The van der Waals surface area contributed by atoms with E-state index in [4.69, 9.17) is 10.4 Å². The van der Waals surface area contributed by atoms with Gasteiger partial charge in [-0.1, -0.05) is 6.07 Å². The minimum Gasteiger partial charge on any atom is -0.480 e. The lowest BCUT2D eigenvalue weighted by atomic mass is 10.1. The van der Waals surface area contributed by atoms with Crippen LogP contribution in [-0.2, 0) is 11.2 Å². The number of halogens is 1. The van der Waals surface area contributed by atoms with Crippen LogP contribution in [0.2, 0.25) is 0 Å². The van der Waals surface area contributed by atoms with Gasteiger partial charge in [0.1, 0.15) is 6.04 Å². The summed E-state index contributed by atoms with van der Waals surface area (Å²) in [5, 5.41) is 20.3. The Kier molecular flexibility index (Phi) is 3.17. The zero-order chi connectivity index (χ0) is 10.1. The highest BCUT2D eigenvalue weighted by molar-refractivity contribution is 5.85. The molecule has 1 aromatic carbocycles. The third-order valence-electron chi connectivity index (χ3n) is 2.29. The Balaban J connectivity index is 0.00000112. The maximum atomic E-state index is 10.7. The van der Waals surface area contributed by atoms with Gasteiger partial charge in [-0.05, 0) is 17.7 Å². The quantitative estimate of drug-likeness (QED) is 0.756. The second kappa shape index (κ2) is 4.20. The smallest absolute Gasteiger partial charge is 0.326 e. The van der Waals surface area contributed by atoms with Gasteiger partial charge in [-0.15, -0.1) is 12.4 Å². The highest BCUT2D eigenvalue weighted by Crippen LogP contribution is 2.26. The van der Waals surface area contributed by atoms with Crippen molar-refractivity contribution < 1.29 is 9.90 Å². The first-order chi connectivity index (χ1) is 6.70. The number of nitrogens with zero attached hydrogens (tertiary/aromatic N) is 1. The number of carboxylic acids is 1. The van der Waals surface area contributed by atoms with Crippen molar-refractivity contribution in [2.24, 2.45) is 0 Å². The lowest BCUT2D eigenvalue weighted by molar-refractivity contribution is -0.137. The average Bonchev–Trinajstić information content (AvgIpc) is 2.59. The zero-order valence-corrected chi connectivity index (χ0v) is 8.54. The molecule has 0 amide bonds. The first kappa shape index (κ1) is 11.3. The van der Waals surface area contributed by atoms with Crippen LogP contribution in [0, 0.1) is 11.3 Å². The molecule has 1 aromatic rings. The van der Waals surface area contributed by atoms with Crippen molar-refractivity contribution in [3.05, 3.63) is 29.3 Å². The maximum absolute atomic E-state index is 10.7. The van der Waals surface area contributed by atoms with E-state index in [9.17, 15) is 4.79 Å². The van der Waals surface area contributed by atoms with Crippen LogP contribution in [0.5, 0.6) is 0 Å². The number of benzene rings is 1. The molecule has 1 heterocycles. The topological polar surface area (TPSA) is 73.1 Å². The Hall–Kier alpha value is -1.73. The first-order valence-corrected chi connectivity index (χ1v) is 4.23. The van der Waals surface area contributed by atoms with E-state index in [0.717, 1.165) is 11.3 Å². The monoisotopic (exact) mass is 224 g/mol. The third-order valence-corrected chi connectivity index (χ3v) is 2.29. The molecule has 1 aliphatic heterocycles. The number of carboxylic acid groups (broad SMARTS) is 1. The Bertz CT molecular complexity index is 440. The van der Waals surface area contributed by atoms with Gasteiger partial charge in [0.05, 0.1) is 11.6 Å². The lowest BCUT2D eigenvalue weighted by Crippen LogP contribution is -2.26. The van der Waals surface area contributed by atoms with Crippen LogP contribution in [0.3, 0.4) is 0 Å². The molecule has 0 saturated heterocycles. The van der Waals surface area contributed by atoms with Crippen molar-refractivity contribution in [3.8, 4) is 6.07 Å². The first-order valence-electron chi connectivity index (χ1n) is 4.23. The van der Waals surface area contributed by atoms with Gasteiger partial charge in [-0.3, -0.25) is 0 Å². The van der Waals surface area contributed by atoms with Gasteiger partial charge in [-0.25, -0.2) is 4.79 Å². The number of carbonyl (C=O) groups is 1. The van der Waals surface area contributed by atoms with Crippen molar-refractivity contribution in [1.29, 1.82) is 5.26 Å². The van der Waals surface area contributed by atoms with Crippen LogP contribution in [0.25, 0.3) is 0 Å². The molecule has 2 rings (SSSR count). The standard InChI is InChI=1S/C10H8N2O2.ClH/c11-5-6-1-2-7-4-9(10(13)14)12-8(7)3-6;/h1-3,9,12H,4H2,(H,13,14);1H. The maximum Gasteiger partial charge on any atom is 0.326 e. The minimum atomic E-state index is -0.861. The summed E-state index contributed by atoms with van der Waals surface area (Å²) in [7, 11) is 0. The predicted octanol–water partition coefficient (Wildman–Crippen LogP) is 1.40. The van der Waals surface area contributed by atoms with E-state index in [0.29, 0.717) is 12.0 Å². The number of aliphatic carboxylic acids is 1. The number of hydrogen-bond acceptors (Lipinski definition) is 3. The second-order valence-corrected chi connectivity index (χ2v) is 3.22. The fraction of sp³-hybridized carbons (Fsp3) is 0.200. The van der Waals surface area contributed by atoms with Gasteiger partial charge in [0.15, 0.2) is 0 Å². The molecule has 5 heteroatoms. The highest BCUT2D eigenvalue weighted by Gasteiger charge is 2.26. The molecule has 0 fully saturated rings. The molecular formula is C10H9ClN2O2. The average molecular weight is 225 g/mol. The van der Waals surface area contributed by atoms with E-state index in [1.165, 1.54) is 0 Å². The molecule has 15 heavy (non-hydrogen) atoms. The van der Waals surface area contributed by atoms with Crippen molar-refractivity contribution in [3.63, 3.8) is 0 Å². The summed E-state index contributed by atoms with van der Waals surface area (Å²) in [4.78, 5) is 10.7. The van der Waals surface area contributed by atoms with E-state index in [2.05, 4.69) is 5.32 Å². The number of rotatable bonds is 1. The Morgan fingerprint density at radius 2 is 2.33 bits per heavy atom. The van der Waals surface area contributed by atoms with Gasteiger partial charge in [-0.2, -0.15) is 5.26 Å². The summed E-state index contributed by atoms with van der Waals surface area (Å²) >= 11 is 0. The molecule has 0 spiro atoms. The predicted molar refractivity (Wildman–Crippen MR) is 57.2 cm³/mol. The van der Waals surface area contributed by atoms with Crippen LogP contribution in [-0.4, -0.2) is 17.1 Å². The SMILES string of the molecule is Cl.N#Cc1ccc2c(c1)NC(C(=O)O)C2. The molecule has 1 aliphatic rings. The van der Waals surface area contributed by atoms with E-state index >= 15 is 0 Å². The Morgan fingerprint density at radius 3 is 2.93 bits per heavy atom. The van der Waals surface area contributed by atoms with Gasteiger partial charge in [0.2, 0.25) is 0 Å². The lowest BCUT2D eigenvalue weighted by Gasteiger charge is -2.03. The van der Waals surface area contributed by atoms with Crippen molar-refractivity contribution in [1.82, 2.24) is 0 Å². The van der Waals surface area contributed by atoms with E-state index in [1.807, 2.05) is 6.07 Å². The minimum absolute atomic E-state index is 0. The van der Waals surface area contributed by atoms with Crippen molar-refractivity contribution in [2.45, 2.75) is 12.5 Å². The number of fused-ring (bicyclic) bond motifs is 1. The largest absolute Gasteiger partial charge is 0.480 e. The molecule has 0 aliphatic carbocycles. The molecule has 2 N–H and O–H groups in total. The highest BCUT2D eigenvalue weighted by atomic mass is 35.5. The zero-order valence-electron chi connectivity index (χ0n) is 7.73. The molecular weight excluding hydrogens is 216 g/mol. The molecule has 0 aromatic heterocycles. The number of nitriles is 1. The molecule has 0 bridgehead atoms. The molecule has 78 valence electrons. The van der Waals surface area contributed by atoms with Crippen molar-refractivity contribution in [2.75, 3.05) is 5.32 Å². The van der Waals surface area contributed by atoms with E-state index in [-0.39, 0.29) is 12.4 Å². The Morgan fingerprint density at radius 1 is 1.60 bits per heavy atom. The summed E-state index contributed by atoms with van der Waals surface area (Å²) in [6, 6.07) is 6.63. The van der Waals surface area contributed by atoms with E-state index in [1.54, 1.807) is 18.2 Å². The van der Waals surface area contributed by atoms with Crippen molar-refractivity contribution >= 4 is 24.1 Å². The Labute approximate surface area is 92.9 Å². The van der Waals surface area contributed by atoms with Crippen LogP contribution in [0.15, 0.2) is 18.2 Å².